The number of hydrogen-bond acceptors (Lipinski definition) is 5. The average molecular weight is 260 g/mol. The summed E-state index contributed by atoms with van der Waals surface area (Å²) in [5.41, 5.74) is 0. The van der Waals surface area contributed by atoms with E-state index in [1.54, 1.807) is 7.11 Å². The van der Waals surface area contributed by atoms with Crippen molar-refractivity contribution < 1.29 is 14.2 Å². The van der Waals surface area contributed by atoms with Crippen LogP contribution in [-0.2, 0) is 14.2 Å². The molecule has 1 N–H and O–H groups in total. The third kappa shape index (κ3) is 8.83. The molecule has 0 radical (unpaired) electrons. The lowest BCUT2D eigenvalue weighted by Crippen LogP contribution is -2.31. The van der Waals surface area contributed by atoms with Gasteiger partial charge in [-0.2, -0.15) is 0 Å². The van der Waals surface area contributed by atoms with Crippen molar-refractivity contribution in [3.05, 3.63) is 0 Å². The number of methoxy groups -OCH3 is 1. The summed E-state index contributed by atoms with van der Waals surface area (Å²) in [6.45, 7) is 9.07. The van der Waals surface area contributed by atoms with Gasteiger partial charge in [-0.1, -0.05) is 0 Å². The predicted octanol–water partition coefficient (Wildman–Crippen LogP) is 0.351. The van der Waals surface area contributed by atoms with Gasteiger partial charge in [0.05, 0.1) is 33.0 Å². The van der Waals surface area contributed by atoms with Crippen LogP contribution in [0.15, 0.2) is 0 Å². The summed E-state index contributed by atoms with van der Waals surface area (Å²) < 4.78 is 15.6. The van der Waals surface area contributed by atoms with Crippen LogP contribution in [0.25, 0.3) is 0 Å². The monoisotopic (exact) mass is 260 g/mol. The normalized spacial score (nSPS) is 16.5. The largest absolute Gasteiger partial charge is 0.382 e. The molecule has 0 unspecified atom stereocenters. The Labute approximate surface area is 111 Å². The third-order valence-corrected chi connectivity index (χ3v) is 3.03. The van der Waals surface area contributed by atoms with Crippen molar-refractivity contribution in [1.29, 1.82) is 0 Å². The number of ether oxygens (including phenoxy) is 3. The molecule has 0 spiro atoms. The second kappa shape index (κ2) is 11.9. The van der Waals surface area contributed by atoms with E-state index < -0.39 is 0 Å². The van der Waals surface area contributed by atoms with Gasteiger partial charge < -0.3 is 24.4 Å². The first kappa shape index (κ1) is 15.9. The smallest absolute Gasteiger partial charge is 0.0701 e. The lowest BCUT2D eigenvalue weighted by atomic mass is 10.4. The molecule has 0 bridgehead atoms. The van der Waals surface area contributed by atoms with Gasteiger partial charge >= 0.3 is 0 Å². The van der Waals surface area contributed by atoms with Crippen LogP contribution < -0.4 is 5.32 Å². The van der Waals surface area contributed by atoms with Crippen molar-refractivity contribution in [1.82, 2.24) is 10.2 Å². The van der Waals surface area contributed by atoms with Crippen LogP contribution in [0.4, 0.5) is 0 Å². The van der Waals surface area contributed by atoms with Gasteiger partial charge in [-0.15, -0.1) is 0 Å². The molecule has 18 heavy (non-hydrogen) atoms. The molecule has 0 amide bonds. The highest BCUT2D eigenvalue weighted by molar-refractivity contribution is 4.66. The molecule has 0 saturated carbocycles. The van der Waals surface area contributed by atoms with Crippen LogP contribution in [0.1, 0.15) is 12.8 Å². The van der Waals surface area contributed by atoms with E-state index in [1.807, 2.05) is 0 Å². The first-order valence-corrected chi connectivity index (χ1v) is 7.01. The molecule has 1 rings (SSSR count). The fraction of sp³-hybridized carbons (Fsp3) is 1.00. The van der Waals surface area contributed by atoms with Crippen LogP contribution in [0.5, 0.6) is 0 Å². The zero-order chi connectivity index (χ0) is 12.9. The highest BCUT2D eigenvalue weighted by Gasteiger charge is 2.09. The second-order valence-corrected chi connectivity index (χ2v) is 4.52. The Morgan fingerprint density at radius 1 is 0.889 bits per heavy atom. The van der Waals surface area contributed by atoms with Crippen molar-refractivity contribution in [2.45, 2.75) is 12.8 Å². The van der Waals surface area contributed by atoms with E-state index in [9.17, 15) is 0 Å². The van der Waals surface area contributed by atoms with Crippen molar-refractivity contribution in [3.8, 4) is 0 Å². The fourth-order valence-electron chi connectivity index (χ4n) is 1.98. The lowest BCUT2D eigenvalue weighted by Gasteiger charge is -2.14. The molecule has 0 aromatic carbocycles. The van der Waals surface area contributed by atoms with E-state index in [0.29, 0.717) is 26.4 Å². The summed E-state index contributed by atoms with van der Waals surface area (Å²) in [7, 11) is 1.67. The molecule has 0 aromatic heterocycles. The number of likely N-dealkylation sites (tertiary alicyclic amines) is 1. The molecular weight excluding hydrogens is 232 g/mol. The molecule has 1 aliphatic rings. The van der Waals surface area contributed by atoms with Gasteiger partial charge in [0.1, 0.15) is 0 Å². The Bertz CT molecular complexity index is 176. The first-order valence-electron chi connectivity index (χ1n) is 7.01. The maximum Gasteiger partial charge on any atom is 0.0701 e. The maximum atomic E-state index is 5.44. The first-order chi connectivity index (χ1) is 8.93. The minimum Gasteiger partial charge on any atom is -0.382 e. The van der Waals surface area contributed by atoms with Gasteiger partial charge in [0.15, 0.2) is 0 Å². The highest BCUT2D eigenvalue weighted by atomic mass is 16.5. The average Bonchev–Trinajstić information content (AvgIpc) is 2.89. The van der Waals surface area contributed by atoms with Crippen LogP contribution >= 0.6 is 0 Å². The molecular formula is C13H28N2O3. The zero-order valence-corrected chi connectivity index (χ0v) is 11.7. The SMILES string of the molecule is COCCOCCOCCNCCN1CCCC1. The van der Waals surface area contributed by atoms with Gasteiger partial charge in [-0.25, -0.2) is 0 Å². The summed E-state index contributed by atoms with van der Waals surface area (Å²) >= 11 is 0. The zero-order valence-electron chi connectivity index (χ0n) is 11.7. The van der Waals surface area contributed by atoms with Crippen LogP contribution in [0, 0.1) is 0 Å². The summed E-state index contributed by atoms with van der Waals surface area (Å²) in [4.78, 5) is 2.51. The van der Waals surface area contributed by atoms with E-state index in [0.717, 1.165) is 19.7 Å². The molecule has 1 heterocycles. The van der Waals surface area contributed by atoms with Crippen molar-refractivity contribution in [3.63, 3.8) is 0 Å². The molecule has 108 valence electrons. The molecule has 1 fully saturated rings. The Morgan fingerprint density at radius 3 is 2.28 bits per heavy atom. The van der Waals surface area contributed by atoms with E-state index in [-0.39, 0.29) is 0 Å². The molecule has 5 heteroatoms. The van der Waals surface area contributed by atoms with E-state index in [1.165, 1.54) is 32.5 Å². The van der Waals surface area contributed by atoms with E-state index in [2.05, 4.69) is 10.2 Å². The highest BCUT2D eigenvalue weighted by Crippen LogP contribution is 2.05. The van der Waals surface area contributed by atoms with Crippen molar-refractivity contribution in [2.24, 2.45) is 0 Å². The molecule has 0 aromatic rings. The van der Waals surface area contributed by atoms with Crippen molar-refractivity contribution >= 4 is 0 Å². The Kier molecular flexibility index (Phi) is 10.5. The molecule has 0 atom stereocenters. The Balaban J connectivity index is 1.68. The summed E-state index contributed by atoms with van der Waals surface area (Å²) in [5, 5.41) is 3.40. The lowest BCUT2D eigenvalue weighted by molar-refractivity contribution is 0.0255. The minimum absolute atomic E-state index is 0.647. The Morgan fingerprint density at radius 2 is 1.56 bits per heavy atom. The molecule has 5 nitrogen and oxygen atoms in total. The third-order valence-electron chi connectivity index (χ3n) is 3.03. The van der Waals surface area contributed by atoms with Gasteiger partial charge in [0.2, 0.25) is 0 Å². The molecule has 1 aliphatic heterocycles. The summed E-state index contributed by atoms with van der Waals surface area (Å²) in [6, 6.07) is 0. The van der Waals surface area contributed by atoms with Gasteiger partial charge in [0, 0.05) is 26.7 Å². The number of hydrogen-bond donors (Lipinski definition) is 1. The van der Waals surface area contributed by atoms with Gasteiger partial charge in [0.25, 0.3) is 0 Å². The molecule has 1 saturated heterocycles. The number of rotatable bonds is 12. The quantitative estimate of drug-likeness (QED) is 0.513. The topological polar surface area (TPSA) is 43.0 Å². The number of nitrogens with one attached hydrogen (secondary N) is 1. The fourth-order valence-corrected chi connectivity index (χ4v) is 1.98. The summed E-state index contributed by atoms with van der Waals surface area (Å²) in [5.74, 6) is 0. The minimum atomic E-state index is 0.647. The molecule has 0 aliphatic carbocycles. The summed E-state index contributed by atoms with van der Waals surface area (Å²) in [6.07, 6.45) is 2.73. The van der Waals surface area contributed by atoms with E-state index >= 15 is 0 Å². The van der Waals surface area contributed by atoms with Crippen LogP contribution in [-0.4, -0.2) is 77.8 Å². The van der Waals surface area contributed by atoms with Gasteiger partial charge in [-0.3, -0.25) is 0 Å². The van der Waals surface area contributed by atoms with Crippen LogP contribution in [0.3, 0.4) is 0 Å². The number of nitrogens with zero attached hydrogens (tertiary/aromatic N) is 1. The maximum absolute atomic E-state index is 5.44. The second-order valence-electron chi connectivity index (χ2n) is 4.52. The predicted molar refractivity (Wildman–Crippen MR) is 72.1 cm³/mol. The van der Waals surface area contributed by atoms with E-state index in [4.69, 9.17) is 14.2 Å². The standard InChI is InChI=1S/C13H28N2O3/c1-16-10-11-18-13-12-17-9-5-14-4-8-15-6-2-3-7-15/h14H,2-13H2,1H3. The van der Waals surface area contributed by atoms with Crippen molar-refractivity contribution in [2.75, 3.05) is 72.9 Å². The van der Waals surface area contributed by atoms with Crippen LogP contribution in [0.2, 0.25) is 0 Å². The van der Waals surface area contributed by atoms with Gasteiger partial charge in [-0.05, 0) is 25.9 Å². The Hall–Kier alpha value is -0.200.